The van der Waals surface area contributed by atoms with E-state index >= 15 is 0 Å². The van der Waals surface area contributed by atoms with Gasteiger partial charge in [0.25, 0.3) is 6.43 Å². The van der Waals surface area contributed by atoms with Crippen molar-refractivity contribution in [1.29, 1.82) is 0 Å². The number of hydrogen-bond acceptors (Lipinski definition) is 1. The number of allylic oxidation sites excluding steroid dienone is 4. The molecule has 0 bridgehead atoms. The summed E-state index contributed by atoms with van der Waals surface area (Å²) in [6, 6.07) is 0. The van der Waals surface area contributed by atoms with Gasteiger partial charge in [0, 0.05) is 0 Å². The highest BCUT2D eigenvalue weighted by Crippen LogP contribution is 2.11. The molecule has 0 saturated carbocycles. The average Bonchev–Trinajstić information content (AvgIpc) is 2.15. The zero-order valence-electron chi connectivity index (χ0n) is 8.72. The lowest BCUT2D eigenvalue weighted by Gasteiger charge is -2.02. The second kappa shape index (κ2) is 6.24. The fourth-order valence-corrected chi connectivity index (χ4v) is 0.758. The van der Waals surface area contributed by atoms with Gasteiger partial charge in [0.05, 0.1) is 11.4 Å². The van der Waals surface area contributed by atoms with E-state index in [9.17, 15) is 8.78 Å². The summed E-state index contributed by atoms with van der Waals surface area (Å²) < 4.78 is 24.4. The number of hydrogen-bond donors (Lipinski definition) is 0. The Morgan fingerprint density at radius 3 is 2.29 bits per heavy atom. The summed E-state index contributed by atoms with van der Waals surface area (Å²) in [5, 5.41) is 0. The van der Waals surface area contributed by atoms with E-state index in [-0.39, 0.29) is 5.71 Å². The molecule has 3 heteroatoms. The van der Waals surface area contributed by atoms with Crippen LogP contribution in [0.4, 0.5) is 8.78 Å². The molecule has 0 atom stereocenters. The molecule has 0 aliphatic heterocycles. The summed E-state index contributed by atoms with van der Waals surface area (Å²) in [5.74, 6) is 0. The van der Waals surface area contributed by atoms with E-state index in [1.54, 1.807) is 25.2 Å². The van der Waals surface area contributed by atoms with Crippen LogP contribution in [-0.4, -0.2) is 12.1 Å². The minimum atomic E-state index is -2.51. The normalized spacial score (nSPS) is 14.9. The van der Waals surface area contributed by atoms with E-state index < -0.39 is 6.43 Å². The van der Waals surface area contributed by atoms with Crippen LogP contribution in [0.15, 0.2) is 41.1 Å². The molecule has 0 N–H and O–H groups in total. The lowest BCUT2D eigenvalue weighted by atomic mass is 10.2. The second-order valence-electron chi connectivity index (χ2n) is 2.83. The van der Waals surface area contributed by atoms with Crippen LogP contribution in [0.3, 0.4) is 0 Å². The third-order valence-corrected chi connectivity index (χ3v) is 1.65. The van der Waals surface area contributed by atoms with Crippen molar-refractivity contribution in [2.24, 2.45) is 4.99 Å². The first kappa shape index (κ1) is 12.8. The van der Waals surface area contributed by atoms with Gasteiger partial charge in [-0.3, -0.25) is 4.99 Å². The molecule has 0 rings (SSSR count). The molecule has 0 spiro atoms. The Kier molecular flexibility index (Phi) is 5.68. The summed E-state index contributed by atoms with van der Waals surface area (Å²) in [7, 11) is 0. The van der Waals surface area contributed by atoms with E-state index in [0.29, 0.717) is 5.70 Å². The Bertz CT molecular complexity index is 286. The summed E-state index contributed by atoms with van der Waals surface area (Å²) >= 11 is 0. The van der Waals surface area contributed by atoms with Gasteiger partial charge in [-0.05, 0) is 32.4 Å². The fourth-order valence-electron chi connectivity index (χ4n) is 0.758. The molecular formula is C11H15F2N. The van der Waals surface area contributed by atoms with Crippen molar-refractivity contribution >= 4 is 5.71 Å². The van der Waals surface area contributed by atoms with Crippen LogP contribution in [0.1, 0.15) is 20.8 Å². The summed E-state index contributed by atoms with van der Waals surface area (Å²) in [5.41, 5.74) is 1.13. The van der Waals surface area contributed by atoms with Crippen LogP contribution in [0.25, 0.3) is 0 Å². The van der Waals surface area contributed by atoms with Gasteiger partial charge in [-0.25, -0.2) is 8.78 Å². The van der Waals surface area contributed by atoms with Crippen LogP contribution < -0.4 is 0 Å². The maximum absolute atomic E-state index is 12.2. The van der Waals surface area contributed by atoms with Gasteiger partial charge in [-0.2, -0.15) is 0 Å². The predicted octanol–water partition coefficient (Wildman–Crippen LogP) is 3.75. The minimum Gasteiger partial charge on any atom is -0.252 e. The molecule has 78 valence electrons. The summed E-state index contributed by atoms with van der Waals surface area (Å²) in [6.45, 7) is 8.47. The first-order chi connectivity index (χ1) is 6.52. The maximum atomic E-state index is 12.2. The highest BCUT2D eigenvalue weighted by molar-refractivity contribution is 5.86. The zero-order chi connectivity index (χ0) is 11.1. The molecule has 0 aliphatic rings. The van der Waals surface area contributed by atoms with Crippen molar-refractivity contribution in [2.45, 2.75) is 27.2 Å². The lowest BCUT2D eigenvalue weighted by Crippen LogP contribution is -2.05. The molecule has 0 heterocycles. The fraction of sp³-hybridized carbons (Fsp3) is 0.364. The van der Waals surface area contributed by atoms with Crippen molar-refractivity contribution in [2.75, 3.05) is 0 Å². The van der Waals surface area contributed by atoms with Gasteiger partial charge in [-0.1, -0.05) is 18.7 Å². The summed E-state index contributed by atoms with van der Waals surface area (Å²) in [6.07, 6.45) is 2.53. The van der Waals surface area contributed by atoms with Gasteiger partial charge >= 0.3 is 0 Å². The van der Waals surface area contributed by atoms with Crippen LogP contribution >= 0.6 is 0 Å². The molecule has 14 heavy (non-hydrogen) atoms. The van der Waals surface area contributed by atoms with Gasteiger partial charge < -0.3 is 0 Å². The molecule has 0 amide bonds. The topological polar surface area (TPSA) is 12.4 Å². The molecule has 0 aliphatic carbocycles. The molecule has 0 unspecified atom stereocenters. The molecular weight excluding hydrogens is 184 g/mol. The van der Waals surface area contributed by atoms with E-state index in [1.807, 2.05) is 6.92 Å². The Labute approximate surface area is 83.5 Å². The number of halogens is 2. The van der Waals surface area contributed by atoms with Gasteiger partial charge in [0.2, 0.25) is 0 Å². The third-order valence-electron chi connectivity index (χ3n) is 1.65. The van der Waals surface area contributed by atoms with E-state index in [0.717, 1.165) is 5.57 Å². The largest absolute Gasteiger partial charge is 0.276 e. The number of nitrogens with zero attached hydrogens (tertiary/aromatic N) is 1. The molecule has 0 saturated heterocycles. The number of rotatable bonds is 4. The van der Waals surface area contributed by atoms with Gasteiger partial charge in [0.15, 0.2) is 0 Å². The van der Waals surface area contributed by atoms with Crippen LogP contribution in [0.2, 0.25) is 0 Å². The number of alkyl halides is 2. The standard InChI is InChI=1S/C11H15F2N/c1-5-7-10(8(3)6-2)14-9(4)11(12)13/h5-7,11H,2H2,1,3-4H3/b7-5-,10-8+,14-9+. The zero-order valence-corrected chi connectivity index (χ0v) is 8.72. The monoisotopic (exact) mass is 199 g/mol. The van der Waals surface area contributed by atoms with Crippen molar-refractivity contribution in [3.8, 4) is 0 Å². The third kappa shape index (κ3) is 4.12. The SMILES string of the molecule is C=C/C(C)=C(\C=C/C)/N=C(\C)C(F)F. The van der Waals surface area contributed by atoms with Crippen molar-refractivity contribution in [1.82, 2.24) is 0 Å². The van der Waals surface area contributed by atoms with E-state index in [2.05, 4.69) is 11.6 Å². The van der Waals surface area contributed by atoms with Crippen LogP contribution in [-0.2, 0) is 0 Å². The van der Waals surface area contributed by atoms with Gasteiger partial charge in [0.1, 0.15) is 0 Å². The minimum absolute atomic E-state index is 0.181. The molecule has 0 radical (unpaired) electrons. The Morgan fingerprint density at radius 1 is 1.36 bits per heavy atom. The second-order valence-corrected chi connectivity index (χ2v) is 2.83. The Hall–Kier alpha value is -1.25. The summed E-state index contributed by atoms with van der Waals surface area (Å²) in [4.78, 5) is 3.82. The first-order valence-corrected chi connectivity index (χ1v) is 4.32. The van der Waals surface area contributed by atoms with E-state index in [4.69, 9.17) is 0 Å². The molecule has 0 aromatic carbocycles. The molecule has 0 aromatic heterocycles. The van der Waals surface area contributed by atoms with Gasteiger partial charge in [-0.15, -0.1) is 0 Å². The highest BCUT2D eigenvalue weighted by atomic mass is 19.3. The number of aliphatic imine (C=N–C) groups is 1. The predicted molar refractivity (Wildman–Crippen MR) is 56.8 cm³/mol. The highest BCUT2D eigenvalue weighted by Gasteiger charge is 2.07. The molecule has 0 aromatic rings. The van der Waals surface area contributed by atoms with Crippen molar-refractivity contribution in [3.63, 3.8) is 0 Å². The van der Waals surface area contributed by atoms with Crippen molar-refractivity contribution in [3.05, 3.63) is 36.1 Å². The first-order valence-electron chi connectivity index (χ1n) is 4.32. The quantitative estimate of drug-likeness (QED) is 0.483. The molecule has 0 fully saturated rings. The van der Waals surface area contributed by atoms with Crippen LogP contribution in [0, 0.1) is 0 Å². The average molecular weight is 199 g/mol. The Balaban J connectivity index is 5.06. The Morgan fingerprint density at radius 2 is 1.93 bits per heavy atom. The van der Waals surface area contributed by atoms with Crippen molar-refractivity contribution < 1.29 is 8.78 Å². The van der Waals surface area contributed by atoms with Crippen LogP contribution in [0.5, 0.6) is 0 Å². The lowest BCUT2D eigenvalue weighted by molar-refractivity contribution is 0.225. The maximum Gasteiger partial charge on any atom is 0.276 e. The smallest absolute Gasteiger partial charge is 0.252 e. The molecule has 1 nitrogen and oxygen atoms in total. The van der Waals surface area contributed by atoms with E-state index in [1.165, 1.54) is 6.92 Å².